The largest absolute Gasteiger partial charge is 0.353 e. The Kier molecular flexibility index (Phi) is 8.16. The molecule has 0 aliphatic heterocycles. The minimum absolute atomic E-state index is 0.0270. The van der Waals surface area contributed by atoms with Gasteiger partial charge in [0.1, 0.15) is 0 Å². The van der Waals surface area contributed by atoms with E-state index in [1.807, 2.05) is 18.4 Å². The Bertz CT molecular complexity index is 882. The summed E-state index contributed by atoms with van der Waals surface area (Å²) in [7, 11) is 0. The molecule has 1 unspecified atom stereocenters. The van der Waals surface area contributed by atoms with Gasteiger partial charge in [-0.25, -0.2) is 0 Å². The molecule has 7 nitrogen and oxygen atoms in total. The number of benzene rings is 1. The minimum Gasteiger partial charge on any atom is -0.353 e. The zero-order valence-electron chi connectivity index (χ0n) is 17.4. The first-order valence-electron chi connectivity index (χ1n) is 10.4. The highest BCUT2D eigenvalue weighted by atomic mass is 35.5. The Labute approximate surface area is 186 Å². The van der Waals surface area contributed by atoms with Crippen LogP contribution in [-0.2, 0) is 11.3 Å². The zero-order chi connectivity index (χ0) is 21.5. The number of hydrogen-bond donors (Lipinski definition) is 2. The van der Waals surface area contributed by atoms with Crippen LogP contribution in [0.2, 0.25) is 5.02 Å². The van der Waals surface area contributed by atoms with Crippen LogP contribution in [0.1, 0.15) is 68.2 Å². The van der Waals surface area contributed by atoms with Crippen LogP contribution in [0.25, 0.3) is 0 Å². The molecule has 1 atom stereocenters. The SMILES string of the molecule is CCn1c(SCC(=O)NC2CCCCC2)nnc1C(C)NC(=O)c1ccccc1Cl. The van der Waals surface area contributed by atoms with Crippen LogP contribution < -0.4 is 10.6 Å². The predicted molar refractivity (Wildman–Crippen MR) is 119 cm³/mol. The second-order valence-electron chi connectivity index (χ2n) is 7.45. The van der Waals surface area contributed by atoms with E-state index >= 15 is 0 Å². The quantitative estimate of drug-likeness (QED) is 0.595. The molecule has 0 bridgehead atoms. The van der Waals surface area contributed by atoms with Crippen molar-refractivity contribution in [3.8, 4) is 0 Å². The van der Waals surface area contributed by atoms with Crippen LogP contribution in [0.4, 0.5) is 0 Å². The van der Waals surface area contributed by atoms with Crippen molar-refractivity contribution in [2.24, 2.45) is 0 Å². The van der Waals surface area contributed by atoms with Gasteiger partial charge < -0.3 is 15.2 Å². The summed E-state index contributed by atoms with van der Waals surface area (Å²) in [6, 6.07) is 6.86. The van der Waals surface area contributed by atoms with Crippen LogP contribution in [-0.4, -0.2) is 38.4 Å². The van der Waals surface area contributed by atoms with Crippen molar-refractivity contribution >= 4 is 35.2 Å². The van der Waals surface area contributed by atoms with Gasteiger partial charge in [0.2, 0.25) is 5.91 Å². The van der Waals surface area contributed by atoms with Gasteiger partial charge in [0.05, 0.1) is 22.4 Å². The van der Waals surface area contributed by atoms with Crippen LogP contribution in [0.5, 0.6) is 0 Å². The van der Waals surface area contributed by atoms with Gasteiger partial charge >= 0.3 is 0 Å². The molecule has 2 aromatic rings. The third-order valence-electron chi connectivity index (χ3n) is 5.22. The summed E-state index contributed by atoms with van der Waals surface area (Å²) in [5.74, 6) is 0.710. The predicted octanol–water partition coefficient (Wildman–Crippen LogP) is 3.98. The van der Waals surface area contributed by atoms with Gasteiger partial charge in [0.25, 0.3) is 5.91 Å². The fourth-order valence-corrected chi connectivity index (χ4v) is 4.70. The highest BCUT2D eigenvalue weighted by Gasteiger charge is 2.21. The number of nitrogens with zero attached hydrogens (tertiary/aromatic N) is 3. The smallest absolute Gasteiger partial charge is 0.253 e. The first-order valence-corrected chi connectivity index (χ1v) is 11.8. The number of nitrogens with one attached hydrogen (secondary N) is 2. The Balaban J connectivity index is 1.59. The summed E-state index contributed by atoms with van der Waals surface area (Å²) in [4.78, 5) is 24.8. The van der Waals surface area contributed by atoms with E-state index in [9.17, 15) is 9.59 Å². The lowest BCUT2D eigenvalue weighted by atomic mass is 9.95. The van der Waals surface area contributed by atoms with E-state index in [-0.39, 0.29) is 17.9 Å². The fraction of sp³-hybridized carbons (Fsp3) is 0.524. The average molecular weight is 450 g/mol. The second-order valence-corrected chi connectivity index (χ2v) is 8.80. The van der Waals surface area contributed by atoms with Crippen molar-refractivity contribution in [1.29, 1.82) is 0 Å². The zero-order valence-corrected chi connectivity index (χ0v) is 18.9. The molecule has 1 saturated carbocycles. The molecule has 1 aliphatic rings. The van der Waals surface area contributed by atoms with Crippen molar-refractivity contribution in [3.05, 3.63) is 40.7 Å². The van der Waals surface area contributed by atoms with E-state index in [2.05, 4.69) is 20.8 Å². The van der Waals surface area contributed by atoms with E-state index in [1.54, 1.807) is 24.3 Å². The van der Waals surface area contributed by atoms with Crippen molar-refractivity contribution < 1.29 is 9.59 Å². The van der Waals surface area contributed by atoms with Gasteiger partial charge in [-0.3, -0.25) is 9.59 Å². The molecular weight excluding hydrogens is 422 g/mol. The molecule has 1 heterocycles. The number of amides is 2. The minimum atomic E-state index is -0.355. The van der Waals surface area contributed by atoms with Gasteiger partial charge in [-0.15, -0.1) is 10.2 Å². The fourth-order valence-electron chi connectivity index (χ4n) is 3.66. The van der Waals surface area contributed by atoms with Crippen LogP contribution in [0, 0.1) is 0 Å². The summed E-state index contributed by atoms with van der Waals surface area (Å²) in [6.07, 6.45) is 5.75. The number of halogens is 1. The van der Waals surface area contributed by atoms with E-state index in [1.165, 1.54) is 31.0 Å². The van der Waals surface area contributed by atoms with Gasteiger partial charge in [-0.05, 0) is 38.8 Å². The Morgan fingerprint density at radius 2 is 1.97 bits per heavy atom. The molecule has 2 amide bonds. The number of carbonyl (C=O) groups excluding carboxylic acids is 2. The highest BCUT2D eigenvalue weighted by Crippen LogP contribution is 2.22. The summed E-state index contributed by atoms with van der Waals surface area (Å²) in [6.45, 7) is 4.48. The van der Waals surface area contributed by atoms with Gasteiger partial charge in [0.15, 0.2) is 11.0 Å². The molecule has 0 radical (unpaired) electrons. The summed E-state index contributed by atoms with van der Waals surface area (Å²) >= 11 is 7.48. The maximum atomic E-state index is 12.5. The van der Waals surface area contributed by atoms with Crippen LogP contribution in [0.3, 0.4) is 0 Å². The van der Waals surface area contributed by atoms with Crippen LogP contribution >= 0.6 is 23.4 Å². The number of carbonyl (C=O) groups is 2. The second kappa shape index (κ2) is 10.8. The topological polar surface area (TPSA) is 88.9 Å². The molecule has 0 spiro atoms. The van der Waals surface area contributed by atoms with Gasteiger partial charge in [-0.1, -0.05) is 54.8 Å². The highest BCUT2D eigenvalue weighted by molar-refractivity contribution is 7.99. The molecule has 0 saturated heterocycles. The normalized spacial score (nSPS) is 15.6. The molecule has 3 rings (SSSR count). The van der Waals surface area contributed by atoms with Crippen molar-refractivity contribution in [3.63, 3.8) is 0 Å². The van der Waals surface area contributed by atoms with E-state index in [4.69, 9.17) is 11.6 Å². The summed E-state index contributed by atoms with van der Waals surface area (Å²) in [5, 5.41) is 15.6. The number of hydrogen-bond acceptors (Lipinski definition) is 5. The van der Waals surface area contributed by atoms with E-state index < -0.39 is 0 Å². The average Bonchev–Trinajstić information content (AvgIpc) is 3.16. The van der Waals surface area contributed by atoms with Gasteiger partial charge in [-0.2, -0.15) is 0 Å². The molecule has 1 aliphatic carbocycles. The summed E-state index contributed by atoms with van der Waals surface area (Å²) in [5.41, 5.74) is 0.419. The van der Waals surface area contributed by atoms with Crippen molar-refractivity contribution in [1.82, 2.24) is 25.4 Å². The third-order valence-corrected chi connectivity index (χ3v) is 6.51. The standard InChI is InChI=1S/C21H28ClN5O2S/c1-3-27-19(14(2)23-20(29)16-11-7-8-12-17(16)22)25-26-21(27)30-13-18(28)24-15-9-5-4-6-10-15/h7-8,11-12,14-15H,3-6,9-10,13H2,1-2H3,(H,23,29)(H,24,28). The lowest BCUT2D eigenvalue weighted by molar-refractivity contribution is -0.119. The lowest BCUT2D eigenvalue weighted by Gasteiger charge is -2.22. The number of aromatic nitrogens is 3. The molecule has 2 N–H and O–H groups in total. The van der Waals surface area contributed by atoms with Crippen molar-refractivity contribution in [2.45, 2.75) is 69.7 Å². The Hall–Kier alpha value is -2.06. The maximum absolute atomic E-state index is 12.5. The molecule has 162 valence electrons. The molecule has 9 heteroatoms. The first kappa shape index (κ1) is 22.6. The van der Waals surface area contributed by atoms with E-state index in [0.717, 1.165) is 12.8 Å². The Morgan fingerprint density at radius 3 is 2.67 bits per heavy atom. The molecule has 1 aromatic carbocycles. The summed E-state index contributed by atoms with van der Waals surface area (Å²) < 4.78 is 1.93. The maximum Gasteiger partial charge on any atom is 0.253 e. The Morgan fingerprint density at radius 1 is 1.23 bits per heavy atom. The molecule has 1 fully saturated rings. The number of rotatable bonds is 8. The number of thioether (sulfide) groups is 1. The monoisotopic (exact) mass is 449 g/mol. The lowest BCUT2D eigenvalue weighted by Crippen LogP contribution is -2.37. The first-order chi connectivity index (χ1) is 14.5. The molecule has 30 heavy (non-hydrogen) atoms. The van der Waals surface area contributed by atoms with E-state index in [0.29, 0.717) is 39.9 Å². The third kappa shape index (κ3) is 5.76. The van der Waals surface area contributed by atoms with Crippen LogP contribution in [0.15, 0.2) is 29.4 Å². The molecule has 1 aromatic heterocycles. The van der Waals surface area contributed by atoms with Crippen molar-refractivity contribution in [2.75, 3.05) is 5.75 Å². The van der Waals surface area contributed by atoms with Gasteiger partial charge in [0, 0.05) is 12.6 Å². The molecular formula is C21H28ClN5O2S.